The monoisotopic (exact) mass is 240 g/mol. The van der Waals surface area contributed by atoms with E-state index in [1.807, 2.05) is 20.8 Å². The van der Waals surface area contributed by atoms with Crippen LogP contribution in [0.4, 0.5) is 0 Å². The molecule has 0 aromatic carbocycles. The summed E-state index contributed by atoms with van der Waals surface area (Å²) in [4.78, 5) is 11.6. The van der Waals surface area contributed by atoms with Crippen LogP contribution in [0.5, 0.6) is 0 Å². The van der Waals surface area contributed by atoms with Crippen LogP contribution in [0.3, 0.4) is 0 Å². The van der Waals surface area contributed by atoms with Crippen molar-refractivity contribution in [3.63, 3.8) is 0 Å². The average molecular weight is 240 g/mol. The standard InChI is InChI=1S/C13H20O4/c1-13(2,3)12(15)17-9-6-4-7-8(5-6)11(14)16-10(7)9/h6-10,12,15H,4-5H2,1-3H3. The molecule has 6 unspecified atom stereocenters. The molecular formula is C13H20O4. The van der Waals surface area contributed by atoms with Crippen molar-refractivity contribution >= 4 is 5.97 Å². The van der Waals surface area contributed by atoms with Crippen LogP contribution in [0.1, 0.15) is 33.6 Å². The molecule has 2 saturated carbocycles. The van der Waals surface area contributed by atoms with Crippen LogP contribution in [0.15, 0.2) is 0 Å². The first-order valence-electron chi connectivity index (χ1n) is 6.42. The van der Waals surface area contributed by atoms with E-state index in [9.17, 15) is 9.90 Å². The fourth-order valence-electron chi connectivity index (χ4n) is 3.44. The van der Waals surface area contributed by atoms with Gasteiger partial charge in [0.15, 0.2) is 6.29 Å². The van der Waals surface area contributed by atoms with Gasteiger partial charge in [0.2, 0.25) is 0 Å². The Bertz CT molecular complexity index is 346. The molecule has 1 N–H and O–H groups in total. The summed E-state index contributed by atoms with van der Waals surface area (Å²) in [7, 11) is 0. The highest BCUT2D eigenvalue weighted by molar-refractivity contribution is 5.76. The van der Waals surface area contributed by atoms with Crippen LogP contribution in [0, 0.1) is 23.2 Å². The fraction of sp³-hybridized carbons (Fsp3) is 0.923. The number of hydrogen-bond acceptors (Lipinski definition) is 4. The highest BCUT2D eigenvalue weighted by Gasteiger charge is 2.62. The first kappa shape index (κ1) is 11.5. The quantitative estimate of drug-likeness (QED) is 0.584. The molecule has 2 bridgehead atoms. The van der Waals surface area contributed by atoms with Gasteiger partial charge in [-0.2, -0.15) is 0 Å². The Labute approximate surface area is 101 Å². The number of carbonyl (C=O) groups is 1. The first-order chi connectivity index (χ1) is 7.88. The van der Waals surface area contributed by atoms with Gasteiger partial charge in [-0.3, -0.25) is 4.79 Å². The van der Waals surface area contributed by atoms with Gasteiger partial charge in [-0.1, -0.05) is 20.8 Å². The topological polar surface area (TPSA) is 55.8 Å². The molecule has 17 heavy (non-hydrogen) atoms. The molecule has 1 saturated heterocycles. The minimum atomic E-state index is -0.801. The third kappa shape index (κ3) is 1.61. The van der Waals surface area contributed by atoms with E-state index in [0.29, 0.717) is 11.8 Å². The summed E-state index contributed by atoms with van der Waals surface area (Å²) in [5.74, 6) is 0.776. The van der Waals surface area contributed by atoms with Crippen molar-refractivity contribution in [2.45, 2.75) is 52.1 Å². The van der Waals surface area contributed by atoms with Crippen molar-refractivity contribution in [1.29, 1.82) is 0 Å². The van der Waals surface area contributed by atoms with E-state index >= 15 is 0 Å². The van der Waals surface area contributed by atoms with Crippen LogP contribution in [0.25, 0.3) is 0 Å². The lowest BCUT2D eigenvalue weighted by Crippen LogP contribution is -2.41. The van der Waals surface area contributed by atoms with Gasteiger partial charge in [-0.25, -0.2) is 0 Å². The second kappa shape index (κ2) is 3.45. The minimum Gasteiger partial charge on any atom is -0.459 e. The van der Waals surface area contributed by atoms with Crippen LogP contribution in [-0.4, -0.2) is 29.6 Å². The predicted molar refractivity (Wildman–Crippen MR) is 59.9 cm³/mol. The second-order valence-corrected chi connectivity index (χ2v) is 6.72. The lowest BCUT2D eigenvalue weighted by Gasteiger charge is -2.33. The Kier molecular flexibility index (Phi) is 2.33. The zero-order valence-corrected chi connectivity index (χ0v) is 10.6. The normalized spacial score (nSPS) is 45.2. The van der Waals surface area contributed by atoms with Crippen LogP contribution >= 0.6 is 0 Å². The summed E-state index contributed by atoms with van der Waals surface area (Å²) in [5, 5.41) is 10.0. The van der Waals surface area contributed by atoms with Gasteiger partial charge in [-0.05, 0) is 18.8 Å². The molecule has 0 spiro atoms. The van der Waals surface area contributed by atoms with Crippen LogP contribution in [-0.2, 0) is 14.3 Å². The molecule has 96 valence electrons. The number of aliphatic hydroxyl groups excluding tert-OH is 1. The van der Waals surface area contributed by atoms with E-state index < -0.39 is 6.29 Å². The van der Waals surface area contributed by atoms with Gasteiger partial charge in [0, 0.05) is 11.3 Å². The lowest BCUT2D eigenvalue weighted by atomic mass is 9.87. The molecule has 0 aromatic heterocycles. The van der Waals surface area contributed by atoms with Gasteiger partial charge >= 0.3 is 5.97 Å². The number of rotatable bonds is 2. The SMILES string of the molecule is CC(C)(C)C(O)OC1C2CC3C(=O)OC1C3C2. The summed E-state index contributed by atoms with van der Waals surface area (Å²) in [5.41, 5.74) is -0.302. The van der Waals surface area contributed by atoms with E-state index in [2.05, 4.69) is 0 Å². The van der Waals surface area contributed by atoms with E-state index in [-0.39, 0.29) is 29.5 Å². The summed E-state index contributed by atoms with van der Waals surface area (Å²) in [6.07, 6.45) is 0.884. The largest absolute Gasteiger partial charge is 0.459 e. The third-order valence-corrected chi connectivity index (χ3v) is 4.44. The summed E-state index contributed by atoms with van der Waals surface area (Å²) in [6, 6.07) is 0. The summed E-state index contributed by atoms with van der Waals surface area (Å²) >= 11 is 0. The third-order valence-electron chi connectivity index (χ3n) is 4.44. The van der Waals surface area contributed by atoms with Crippen LogP contribution in [0.2, 0.25) is 0 Å². The minimum absolute atomic E-state index is 0.0566. The van der Waals surface area contributed by atoms with E-state index in [0.717, 1.165) is 12.8 Å². The number of carbonyl (C=O) groups excluding carboxylic acids is 1. The van der Waals surface area contributed by atoms with Gasteiger partial charge in [0.1, 0.15) is 12.2 Å². The van der Waals surface area contributed by atoms with Crippen molar-refractivity contribution in [2.24, 2.45) is 23.2 Å². The maximum absolute atomic E-state index is 11.6. The Morgan fingerprint density at radius 3 is 2.76 bits per heavy atom. The van der Waals surface area contributed by atoms with E-state index in [1.165, 1.54) is 0 Å². The Morgan fingerprint density at radius 2 is 2.12 bits per heavy atom. The number of fused-ring (bicyclic) bond motifs is 1. The van der Waals surface area contributed by atoms with Gasteiger partial charge < -0.3 is 14.6 Å². The molecule has 2 aliphatic carbocycles. The molecule has 0 amide bonds. The lowest BCUT2D eigenvalue weighted by molar-refractivity contribution is -0.214. The molecule has 0 aromatic rings. The van der Waals surface area contributed by atoms with Gasteiger partial charge in [-0.15, -0.1) is 0 Å². The second-order valence-electron chi connectivity index (χ2n) is 6.72. The molecular weight excluding hydrogens is 220 g/mol. The summed E-state index contributed by atoms with van der Waals surface area (Å²) < 4.78 is 11.2. The maximum Gasteiger partial charge on any atom is 0.309 e. The fourth-order valence-corrected chi connectivity index (χ4v) is 3.44. The highest BCUT2D eigenvalue weighted by atomic mass is 16.6. The van der Waals surface area contributed by atoms with Crippen molar-refractivity contribution in [3.8, 4) is 0 Å². The molecule has 1 heterocycles. The van der Waals surface area contributed by atoms with E-state index in [4.69, 9.17) is 9.47 Å². The van der Waals surface area contributed by atoms with Crippen molar-refractivity contribution in [1.82, 2.24) is 0 Å². The summed E-state index contributed by atoms with van der Waals surface area (Å²) in [6.45, 7) is 5.82. The maximum atomic E-state index is 11.6. The Hall–Kier alpha value is -0.610. The highest BCUT2D eigenvalue weighted by Crippen LogP contribution is 2.55. The van der Waals surface area contributed by atoms with E-state index in [1.54, 1.807) is 0 Å². The molecule has 1 aliphatic heterocycles. The molecule has 0 radical (unpaired) electrons. The zero-order valence-electron chi connectivity index (χ0n) is 10.6. The van der Waals surface area contributed by atoms with Gasteiger partial charge in [0.05, 0.1) is 5.92 Å². The average Bonchev–Trinajstić information content (AvgIpc) is 2.80. The molecule has 6 atom stereocenters. The first-order valence-corrected chi connectivity index (χ1v) is 6.42. The van der Waals surface area contributed by atoms with Gasteiger partial charge in [0.25, 0.3) is 0 Å². The molecule has 4 nitrogen and oxygen atoms in total. The molecule has 3 fully saturated rings. The number of hydrogen-bond donors (Lipinski definition) is 1. The predicted octanol–water partition coefficient (Wildman–Crippen LogP) is 1.32. The Balaban J connectivity index is 1.73. The number of aliphatic hydroxyl groups is 1. The molecule has 4 heteroatoms. The molecule has 3 rings (SSSR count). The van der Waals surface area contributed by atoms with Crippen molar-refractivity contribution < 1.29 is 19.4 Å². The number of esters is 1. The van der Waals surface area contributed by atoms with Crippen molar-refractivity contribution in [3.05, 3.63) is 0 Å². The molecule has 3 aliphatic rings. The number of ether oxygens (including phenoxy) is 2. The smallest absolute Gasteiger partial charge is 0.309 e. The Morgan fingerprint density at radius 1 is 1.41 bits per heavy atom. The zero-order chi connectivity index (χ0) is 12.4. The van der Waals surface area contributed by atoms with Crippen molar-refractivity contribution in [2.75, 3.05) is 0 Å². The van der Waals surface area contributed by atoms with Crippen LogP contribution < -0.4 is 0 Å².